The molecular formula is C20H37N5O2S. The van der Waals surface area contributed by atoms with Gasteiger partial charge in [-0.1, -0.05) is 20.8 Å². The van der Waals surface area contributed by atoms with E-state index in [-0.39, 0.29) is 5.41 Å². The largest absolute Gasteiger partial charge is 0.444 e. The molecule has 0 aliphatic heterocycles. The van der Waals surface area contributed by atoms with Gasteiger partial charge in [0.1, 0.15) is 5.60 Å². The number of carbonyl (C=O) groups excluding carboxylic acids is 1. The van der Waals surface area contributed by atoms with E-state index in [1.165, 1.54) is 0 Å². The second-order valence-corrected chi connectivity index (χ2v) is 10.3. The molecule has 0 fully saturated rings. The van der Waals surface area contributed by atoms with Crippen LogP contribution in [0.4, 0.5) is 4.79 Å². The van der Waals surface area contributed by atoms with Gasteiger partial charge in [0.2, 0.25) is 0 Å². The predicted molar refractivity (Wildman–Crippen MR) is 117 cm³/mol. The number of aromatic nitrogens is 1. The first-order valence-corrected chi connectivity index (χ1v) is 10.6. The van der Waals surface area contributed by atoms with E-state index in [0.29, 0.717) is 19.0 Å². The molecule has 0 atom stereocenters. The minimum Gasteiger partial charge on any atom is -0.444 e. The summed E-state index contributed by atoms with van der Waals surface area (Å²) in [5.41, 5.74) is -0.0207. The minimum atomic E-state index is -0.524. The summed E-state index contributed by atoms with van der Waals surface area (Å²) in [5.74, 6) is 0.687. The van der Waals surface area contributed by atoms with E-state index < -0.39 is 17.2 Å². The standard InChI is InChI=1S/C20H37N5O2S/c1-10-21-16(22-11-14-12-28-15(24-14)18(2,3)4)23-13-20(8,9)25-17(26)27-19(5,6)7/h12H,10-11,13H2,1-9H3,(H,25,26)(H2,21,22,23). The van der Waals surface area contributed by atoms with Gasteiger partial charge >= 0.3 is 6.09 Å². The van der Waals surface area contributed by atoms with Gasteiger partial charge in [-0.3, -0.25) is 0 Å². The summed E-state index contributed by atoms with van der Waals surface area (Å²) in [6.07, 6.45) is -0.432. The molecule has 160 valence electrons. The molecule has 0 radical (unpaired) electrons. The monoisotopic (exact) mass is 411 g/mol. The Hall–Kier alpha value is -1.83. The molecule has 0 aromatic carbocycles. The van der Waals surface area contributed by atoms with Gasteiger partial charge in [-0.25, -0.2) is 14.8 Å². The Morgan fingerprint density at radius 2 is 1.79 bits per heavy atom. The molecule has 7 nitrogen and oxygen atoms in total. The average molecular weight is 412 g/mol. The smallest absolute Gasteiger partial charge is 0.408 e. The predicted octanol–water partition coefficient (Wildman–Crippen LogP) is 3.80. The van der Waals surface area contributed by atoms with E-state index in [2.05, 4.69) is 52.1 Å². The molecule has 0 saturated heterocycles. The van der Waals surface area contributed by atoms with E-state index in [1.54, 1.807) is 11.3 Å². The zero-order valence-corrected chi connectivity index (χ0v) is 19.6. The summed E-state index contributed by atoms with van der Waals surface area (Å²) in [4.78, 5) is 21.3. The van der Waals surface area contributed by atoms with Crippen molar-refractivity contribution in [1.29, 1.82) is 0 Å². The molecule has 0 aliphatic carbocycles. The molecule has 1 aromatic heterocycles. The Morgan fingerprint density at radius 3 is 2.29 bits per heavy atom. The van der Waals surface area contributed by atoms with Gasteiger partial charge in [-0.2, -0.15) is 0 Å². The topological polar surface area (TPSA) is 87.6 Å². The maximum absolute atomic E-state index is 12.0. The third kappa shape index (κ3) is 9.39. The van der Waals surface area contributed by atoms with Crippen molar-refractivity contribution in [1.82, 2.24) is 20.9 Å². The molecule has 0 spiro atoms. The van der Waals surface area contributed by atoms with Crippen LogP contribution in [0.1, 0.15) is 73.0 Å². The highest BCUT2D eigenvalue weighted by molar-refractivity contribution is 7.09. The summed E-state index contributed by atoms with van der Waals surface area (Å²) in [6, 6.07) is 0. The van der Waals surface area contributed by atoms with E-state index in [1.807, 2.05) is 41.5 Å². The van der Waals surface area contributed by atoms with Crippen molar-refractivity contribution in [3.8, 4) is 0 Å². The normalized spacial score (nSPS) is 13.2. The van der Waals surface area contributed by atoms with Crippen LogP contribution in [-0.4, -0.2) is 41.3 Å². The molecule has 1 heterocycles. The van der Waals surface area contributed by atoms with Crippen molar-refractivity contribution in [2.45, 2.75) is 85.4 Å². The number of hydrogen-bond donors (Lipinski definition) is 3. The van der Waals surface area contributed by atoms with Crippen molar-refractivity contribution in [2.24, 2.45) is 4.99 Å². The quantitative estimate of drug-likeness (QED) is 0.489. The first-order chi connectivity index (χ1) is 12.7. The van der Waals surface area contributed by atoms with E-state index in [0.717, 1.165) is 17.2 Å². The fourth-order valence-corrected chi connectivity index (χ4v) is 3.05. The lowest BCUT2D eigenvalue weighted by atomic mass is 9.98. The fraction of sp³-hybridized carbons (Fsp3) is 0.750. The Kier molecular flexibility index (Phi) is 8.29. The molecule has 0 saturated carbocycles. The van der Waals surface area contributed by atoms with Crippen LogP contribution in [0.2, 0.25) is 0 Å². The van der Waals surface area contributed by atoms with Crippen LogP contribution in [0.3, 0.4) is 0 Å². The second-order valence-electron chi connectivity index (χ2n) is 9.45. The first kappa shape index (κ1) is 24.2. The van der Waals surface area contributed by atoms with Gasteiger partial charge in [0, 0.05) is 23.9 Å². The van der Waals surface area contributed by atoms with Crippen molar-refractivity contribution in [2.75, 3.05) is 13.1 Å². The molecule has 1 rings (SSSR count). The lowest BCUT2D eigenvalue weighted by molar-refractivity contribution is 0.0474. The van der Waals surface area contributed by atoms with Crippen LogP contribution >= 0.6 is 11.3 Å². The molecular weight excluding hydrogens is 374 g/mol. The molecule has 8 heteroatoms. The summed E-state index contributed by atoms with van der Waals surface area (Å²) >= 11 is 1.67. The third-order valence-electron chi connectivity index (χ3n) is 3.47. The Bertz CT molecular complexity index is 669. The van der Waals surface area contributed by atoms with Crippen molar-refractivity contribution >= 4 is 23.4 Å². The number of nitrogens with zero attached hydrogens (tertiary/aromatic N) is 2. The second kappa shape index (κ2) is 9.58. The van der Waals surface area contributed by atoms with Crippen LogP contribution in [0, 0.1) is 0 Å². The molecule has 28 heavy (non-hydrogen) atoms. The SMILES string of the molecule is CCNC(=NCc1csc(C(C)(C)C)n1)NCC(C)(C)NC(=O)OC(C)(C)C. The number of rotatable bonds is 6. The zero-order valence-electron chi connectivity index (χ0n) is 18.8. The Labute approximate surface area is 173 Å². The van der Waals surface area contributed by atoms with Crippen LogP contribution in [-0.2, 0) is 16.7 Å². The third-order valence-corrected chi connectivity index (χ3v) is 4.79. The number of guanidine groups is 1. The lowest BCUT2D eigenvalue weighted by Gasteiger charge is -2.29. The van der Waals surface area contributed by atoms with E-state index >= 15 is 0 Å². The number of carbonyl (C=O) groups is 1. The number of aliphatic imine (C=N–C) groups is 1. The Morgan fingerprint density at radius 1 is 1.14 bits per heavy atom. The molecule has 1 amide bonds. The average Bonchev–Trinajstić information content (AvgIpc) is 2.96. The molecule has 0 unspecified atom stereocenters. The highest BCUT2D eigenvalue weighted by atomic mass is 32.1. The molecule has 3 N–H and O–H groups in total. The van der Waals surface area contributed by atoms with Crippen molar-refractivity contribution < 1.29 is 9.53 Å². The number of hydrogen-bond acceptors (Lipinski definition) is 5. The van der Waals surface area contributed by atoms with Crippen LogP contribution in [0.25, 0.3) is 0 Å². The maximum Gasteiger partial charge on any atom is 0.408 e. The number of ether oxygens (including phenoxy) is 1. The highest BCUT2D eigenvalue weighted by Gasteiger charge is 2.25. The summed E-state index contributed by atoms with van der Waals surface area (Å²) in [7, 11) is 0. The summed E-state index contributed by atoms with van der Waals surface area (Å²) < 4.78 is 5.33. The number of nitrogens with one attached hydrogen (secondary N) is 3. The van der Waals surface area contributed by atoms with E-state index in [9.17, 15) is 4.79 Å². The summed E-state index contributed by atoms with van der Waals surface area (Å²) in [6.45, 7) is 19.6. The minimum absolute atomic E-state index is 0.0483. The van der Waals surface area contributed by atoms with Gasteiger partial charge in [0.15, 0.2) is 5.96 Å². The van der Waals surface area contributed by atoms with E-state index in [4.69, 9.17) is 4.74 Å². The molecule has 1 aromatic rings. The first-order valence-electron chi connectivity index (χ1n) is 9.70. The van der Waals surface area contributed by atoms with Crippen LogP contribution in [0.5, 0.6) is 0 Å². The molecule has 0 bridgehead atoms. The number of alkyl carbamates (subject to hydrolysis) is 1. The highest BCUT2D eigenvalue weighted by Crippen LogP contribution is 2.25. The van der Waals surface area contributed by atoms with Gasteiger partial charge < -0.3 is 20.7 Å². The zero-order chi connectivity index (χ0) is 21.6. The number of amides is 1. The van der Waals surface area contributed by atoms with Crippen molar-refractivity contribution in [3.05, 3.63) is 16.1 Å². The van der Waals surface area contributed by atoms with Gasteiger partial charge in [-0.05, 0) is 41.5 Å². The fourth-order valence-electron chi connectivity index (χ4n) is 2.15. The van der Waals surface area contributed by atoms with Crippen LogP contribution < -0.4 is 16.0 Å². The van der Waals surface area contributed by atoms with Gasteiger partial charge in [0.05, 0.1) is 22.8 Å². The van der Waals surface area contributed by atoms with Crippen LogP contribution in [0.15, 0.2) is 10.4 Å². The Balaban J connectivity index is 2.67. The molecule has 0 aliphatic rings. The van der Waals surface area contributed by atoms with Gasteiger partial charge in [0.25, 0.3) is 0 Å². The van der Waals surface area contributed by atoms with Crippen molar-refractivity contribution in [3.63, 3.8) is 0 Å². The number of thiazole rings is 1. The lowest BCUT2D eigenvalue weighted by Crippen LogP contribution is -2.54. The van der Waals surface area contributed by atoms with Gasteiger partial charge in [-0.15, -0.1) is 11.3 Å². The summed E-state index contributed by atoms with van der Waals surface area (Å²) in [5, 5.41) is 12.6. The maximum atomic E-state index is 12.0.